The van der Waals surface area contributed by atoms with Gasteiger partial charge in [-0.2, -0.15) is 0 Å². The number of benzene rings is 2. The largest absolute Gasteiger partial charge is 0.479 e. The van der Waals surface area contributed by atoms with Crippen LogP contribution < -0.4 is 14.9 Å². The summed E-state index contributed by atoms with van der Waals surface area (Å²) in [5.74, 6) is -2.30. The molecule has 0 amide bonds. The van der Waals surface area contributed by atoms with Crippen LogP contribution in [0.15, 0.2) is 41.2 Å². The van der Waals surface area contributed by atoms with Gasteiger partial charge in [0.2, 0.25) is 0 Å². The van der Waals surface area contributed by atoms with Crippen LogP contribution in [0.5, 0.6) is 11.5 Å². The summed E-state index contributed by atoms with van der Waals surface area (Å²) in [6.45, 7) is -1.25. The summed E-state index contributed by atoms with van der Waals surface area (Å²) in [6, 6.07) is 9.98. The van der Waals surface area contributed by atoms with E-state index in [2.05, 4.69) is 0 Å². The highest BCUT2D eigenvalue weighted by atomic mass is 32.1. The van der Waals surface area contributed by atoms with Crippen molar-refractivity contribution in [3.05, 3.63) is 46.6 Å². The Bertz CT molecular complexity index is 1040. The molecule has 1 heterocycles. The zero-order valence-electron chi connectivity index (χ0n) is 12.7. The van der Waals surface area contributed by atoms with Crippen molar-refractivity contribution in [3.63, 3.8) is 0 Å². The van der Waals surface area contributed by atoms with Crippen LogP contribution >= 0.6 is 11.3 Å². The molecular formula is C17H12O7S. The zero-order valence-corrected chi connectivity index (χ0v) is 13.5. The molecule has 0 aliphatic rings. The second-order valence-corrected chi connectivity index (χ2v) is 6.17. The minimum Gasteiger partial charge on any atom is -0.479 e. The average Bonchev–Trinajstić information content (AvgIpc) is 2.58. The molecular weight excluding hydrogens is 348 g/mol. The topological polar surface area (TPSA) is 110 Å². The third-order valence-corrected chi connectivity index (χ3v) is 4.48. The Kier molecular flexibility index (Phi) is 4.53. The van der Waals surface area contributed by atoms with Crippen molar-refractivity contribution in [2.24, 2.45) is 0 Å². The number of carboxylic acids is 2. The molecule has 3 aromatic rings. The maximum absolute atomic E-state index is 12.7. The van der Waals surface area contributed by atoms with Gasteiger partial charge >= 0.3 is 11.9 Å². The SMILES string of the molecule is O=C(O)COc1cc2sc3ccccc3c(=O)c2cc1OCC(=O)O. The molecule has 128 valence electrons. The zero-order chi connectivity index (χ0) is 18.0. The first-order chi connectivity index (χ1) is 12.0. The molecule has 2 N–H and O–H groups in total. The van der Waals surface area contributed by atoms with Crippen LogP contribution in [0.2, 0.25) is 0 Å². The van der Waals surface area contributed by atoms with Gasteiger partial charge in [-0.25, -0.2) is 9.59 Å². The van der Waals surface area contributed by atoms with E-state index in [4.69, 9.17) is 19.7 Å². The number of carbonyl (C=O) groups is 2. The monoisotopic (exact) mass is 360 g/mol. The van der Waals surface area contributed by atoms with E-state index in [1.165, 1.54) is 23.5 Å². The number of fused-ring (bicyclic) bond motifs is 2. The molecule has 1 aromatic heterocycles. The summed E-state index contributed by atoms with van der Waals surface area (Å²) in [5.41, 5.74) is -0.214. The Labute approximate surface area is 144 Å². The molecule has 7 nitrogen and oxygen atoms in total. The van der Waals surface area contributed by atoms with Gasteiger partial charge in [0.1, 0.15) is 0 Å². The first kappa shape index (κ1) is 16.7. The van der Waals surface area contributed by atoms with Gasteiger partial charge in [-0.1, -0.05) is 12.1 Å². The predicted molar refractivity (Wildman–Crippen MR) is 91.9 cm³/mol. The fourth-order valence-electron chi connectivity index (χ4n) is 2.31. The van der Waals surface area contributed by atoms with Crippen molar-refractivity contribution in [2.45, 2.75) is 0 Å². The lowest BCUT2D eigenvalue weighted by atomic mass is 10.1. The van der Waals surface area contributed by atoms with Crippen LogP contribution in [0.3, 0.4) is 0 Å². The van der Waals surface area contributed by atoms with Gasteiger partial charge in [0.25, 0.3) is 0 Å². The molecule has 0 saturated heterocycles. The van der Waals surface area contributed by atoms with Gasteiger partial charge in [0.05, 0.1) is 0 Å². The van der Waals surface area contributed by atoms with Gasteiger partial charge in [0.15, 0.2) is 30.1 Å². The second kappa shape index (κ2) is 6.78. The van der Waals surface area contributed by atoms with Crippen LogP contribution in [0.1, 0.15) is 0 Å². The van der Waals surface area contributed by atoms with Crippen molar-refractivity contribution in [1.29, 1.82) is 0 Å². The number of aliphatic carboxylic acids is 2. The minimum atomic E-state index is -1.20. The molecule has 0 fully saturated rings. The molecule has 0 spiro atoms. The number of hydrogen-bond acceptors (Lipinski definition) is 6. The molecule has 0 radical (unpaired) electrons. The first-order valence-electron chi connectivity index (χ1n) is 7.14. The molecule has 2 aromatic carbocycles. The van der Waals surface area contributed by atoms with Crippen molar-refractivity contribution >= 4 is 43.4 Å². The highest BCUT2D eigenvalue weighted by Crippen LogP contribution is 2.35. The highest BCUT2D eigenvalue weighted by molar-refractivity contribution is 7.24. The summed E-state index contributed by atoms with van der Waals surface area (Å²) in [4.78, 5) is 34.1. The van der Waals surface area contributed by atoms with E-state index in [9.17, 15) is 14.4 Å². The maximum Gasteiger partial charge on any atom is 0.341 e. The van der Waals surface area contributed by atoms with Gasteiger partial charge in [-0.3, -0.25) is 4.79 Å². The minimum absolute atomic E-state index is 0.00994. The van der Waals surface area contributed by atoms with Crippen LogP contribution in [-0.2, 0) is 9.59 Å². The lowest BCUT2D eigenvalue weighted by Gasteiger charge is -2.12. The summed E-state index contributed by atoms with van der Waals surface area (Å²) >= 11 is 1.35. The first-order valence-corrected chi connectivity index (χ1v) is 7.96. The Balaban J connectivity index is 2.18. The lowest BCUT2D eigenvalue weighted by molar-refractivity contribution is -0.140. The summed E-state index contributed by atoms with van der Waals surface area (Å²) in [7, 11) is 0. The van der Waals surface area contributed by atoms with Crippen molar-refractivity contribution in [3.8, 4) is 11.5 Å². The molecule has 8 heteroatoms. The Morgan fingerprint density at radius 1 is 0.880 bits per heavy atom. The summed E-state index contributed by atoms with van der Waals surface area (Å²) in [5, 5.41) is 18.4. The Morgan fingerprint density at radius 2 is 1.48 bits per heavy atom. The van der Waals surface area contributed by atoms with E-state index in [1.807, 2.05) is 12.1 Å². The number of ether oxygens (including phenoxy) is 2. The predicted octanol–water partition coefficient (Wildman–Crippen LogP) is 2.34. The fraction of sp³-hybridized carbons (Fsp3) is 0.118. The van der Waals surface area contributed by atoms with E-state index >= 15 is 0 Å². The van der Waals surface area contributed by atoms with Crippen molar-refractivity contribution in [2.75, 3.05) is 13.2 Å². The maximum atomic E-state index is 12.7. The van der Waals surface area contributed by atoms with Crippen molar-refractivity contribution in [1.82, 2.24) is 0 Å². The molecule has 0 aliphatic carbocycles. The Morgan fingerprint density at radius 3 is 2.12 bits per heavy atom. The third kappa shape index (κ3) is 3.53. The van der Waals surface area contributed by atoms with E-state index < -0.39 is 25.2 Å². The van der Waals surface area contributed by atoms with E-state index in [-0.39, 0.29) is 16.9 Å². The molecule has 0 saturated carbocycles. The van der Waals surface area contributed by atoms with E-state index in [1.54, 1.807) is 12.1 Å². The molecule has 0 unspecified atom stereocenters. The van der Waals surface area contributed by atoms with Gasteiger partial charge in [0, 0.05) is 26.2 Å². The Hall–Kier alpha value is -3.13. The average molecular weight is 360 g/mol. The van der Waals surface area contributed by atoms with Gasteiger partial charge < -0.3 is 19.7 Å². The van der Waals surface area contributed by atoms with Crippen LogP contribution in [0, 0.1) is 0 Å². The summed E-state index contributed by atoms with van der Waals surface area (Å²) < 4.78 is 11.7. The summed E-state index contributed by atoms with van der Waals surface area (Å²) in [6.07, 6.45) is 0. The number of hydrogen-bond donors (Lipinski definition) is 2. The van der Waals surface area contributed by atoms with E-state index in [0.717, 1.165) is 4.70 Å². The smallest absolute Gasteiger partial charge is 0.341 e. The third-order valence-electron chi connectivity index (χ3n) is 3.34. The number of rotatable bonds is 6. The lowest BCUT2D eigenvalue weighted by Crippen LogP contribution is -2.13. The van der Waals surface area contributed by atoms with Crippen LogP contribution in [0.25, 0.3) is 20.2 Å². The van der Waals surface area contributed by atoms with Crippen molar-refractivity contribution < 1.29 is 29.3 Å². The van der Waals surface area contributed by atoms with Gasteiger partial charge in [-0.05, 0) is 18.2 Å². The molecule has 0 bridgehead atoms. The van der Waals surface area contributed by atoms with Gasteiger partial charge in [-0.15, -0.1) is 11.3 Å². The molecule has 0 aliphatic heterocycles. The highest BCUT2D eigenvalue weighted by Gasteiger charge is 2.14. The van der Waals surface area contributed by atoms with E-state index in [0.29, 0.717) is 15.5 Å². The quantitative estimate of drug-likeness (QED) is 0.649. The van der Waals surface area contributed by atoms with Crippen LogP contribution in [0.4, 0.5) is 0 Å². The standard InChI is InChI=1S/C17H12O7S/c18-15(19)7-23-11-5-10-14(6-12(11)24-8-16(20)21)25-13-4-2-1-3-9(13)17(10)22/h1-6H,7-8H2,(H,18,19)(H,20,21). The second-order valence-electron chi connectivity index (χ2n) is 5.09. The van der Waals surface area contributed by atoms with Crippen LogP contribution in [-0.4, -0.2) is 35.4 Å². The number of carboxylic acid groups (broad SMARTS) is 2. The normalized spacial score (nSPS) is 10.7. The molecule has 0 atom stereocenters. The molecule has 25 heavy (non-hydrogen) atoms. The molecule has 3 rings (SSSR count). The fourth-order valence-corrected chi connectivity index (χ4v) is 3.40.